The topological polar surface area (TPSA) is 86.8 Å². The summed E-state index contributed by atoms with van der Waals surface area (Å²) in [6.07, 6.45) is 6.07. The number of rotatable bonds is 9. The monoisotopic (exact) mass is 567 g/mol. The number of hydrogen-bond donors (Lipinski definition) is 1. The van der Waals surface area contributed by atoms with Gasteiger partial charge in [-0.3, -0.25) is 13.9 Å². The van der Waals surface area contributed by atoms with Crippen LogP contribution in [0, 0.1) is 5.82 Å². The summed E-state index contributed by atoms with van der Waals surface area (Å²) in [5.41, 5.74) is 0.969. The van der Waals surface area contributed by atoms with Gasteiger partial charge in [0.1, 0.15) is 18.4 Å². The number of nitrogens with one attached hydrogen (secondary N) is 1. The molecule has 0 aliphatic heterocycles. The smallest absolute Gasteiger partial charge is 0.244 e. The maximum absolute atomic E-state index is 13.5. The summed E-state index contributed by atoms with van der Waals surface area (Å²) in [4.78, 5) is 28.0. The fourth-order valence-corrected chi connectivity index (χ4v) is 5.27. The van der Waals surface area contributed by atoms with E-state index >= 15 is 0 Å². The largest absolute Gasteiger partial charge is 0.352 e. The minimum absolute atomic E-state index is 0.0788. The van der Waals surface area contributed by atoms with Crippen LogP contribution in [0.25, 0.3) is 0 Å². The molecule has 1 atom stereocenters. The molecule has 1 unspecified atom stereocenters. The predicted octanol–water partition coefficient (Wildman–Crippen LogP) is 4.22. The van der Waals surface area contributed by atoms with E-state index in [1.165, 1.54) is 17.0 Å². The van der Waals surface area contributed by atoms with E-state index in [2.05, 4.69) is 21.2 Å². The molecule has 0 saturated heterocycles. The Morgan fingerprint density at radius 2 is 1.66 bits per heavy atom. The molecule has 0 heterocycles. The molecule has 2 aromatic carbocycles. The first kappa shape index (κ1) is 27.1. The zero-order valence-electron chi connectivity index (χ0n) is 19.9. The van der Waals surface area contributed by atoms with Crippen molar-refractivity contribution in [3.63, 3.8) is 0 Å². The van der Waals surface area contributed by atoms with Crippen molar-refractivity contribution in [2.75, 3.05) is 17.1 Å². The molecular weight excluding hydrogens is 537 g/mol. The van der Waals surface area contributed by atoms with Gasteiger partial charge in [0.2, 0.25) is 21.8 Å². The molecule has 0 spiro atoms. The number of hydrogen-bond acceptors (Lipinski definition) is 4. The maximum Gasteiger partial charge on any atom is 0.244 e. The highest BCUT2D eigenvalue weighted by Gasteiger charge is 2.31. The number of carbonyl (C=O) groups is 2. The van der Waals surface area contributed by atoms with Gasteiger partial charge in [-0.05, 0) is 61.7 Å². The number of sulfonamides is 1. The normalized spacial score (nSPS) is 15.3. The molecule has 1 N–H and O–H groups in total. The Balaban J connectivity index is 1.85. The fraction of sp³-hybridized carbons (Fsp3) is 0.440. The van der Waals surface area contributed by atoms with Gasteiger partial charge >= 0.3 is 0 Å². The van der Waals surface area contributed by atoms with Crippen molar-refractivity contribution in [1.82, 2.24) is 10.2 Å². The van der Waals surface area contributed by atoms with E-state index in [4.69, 9.17) is 0 Å². The van der Waals surface area contributed by atoms with E-state index in [9.17, 15) is 22.4 Å². The van der Waals surface area contributed by atoms with Gasteiger partial charge in [0.25, 0.3) is 0 Å². The number of carbonyl (C=O) groups excluding carboxylic acids is 2. The molecule has 3 rings (SSSR count). The SMILES string of the molecule is CC(C(=O)NC1CCCCC1)N(Cc1ccc(Br)cc1)C(=O)CN(c1ccc(F)cc1)S(C)(=O)=O. The highest BCUT2D eigenvalue weighted by molar-refractivity contribution is 9.10. The number of halogens is 2. The van der Waals surface area contributed by atoms with Crippen molar-refractivity contribution >= 4 is 43.5 Å². The molecule has 35 heavy (non-hydrogen) atoms. The summed E-state index contributed by atoms with van der Waals surface area (Å²) in [5.74, 6) is -1.32. The quantitative estimate of drug-likeness (QED) is 0.491. The van der Waals surface area contributed by atoms with Crippen molar-refractivity contribution < 1.29 is 22.4 Å². The zero-order valence-corrected chi connectivity index (χ0v) is 22.3. The highest BCUT2D eigenvalue weighted by Crippen LogP contribution is 2.21. The first-order valence-corrected chi connectivity index (χ1v) is 14.3. The lowest BCUT2D eigenvalue weighted by molar-refractivity contribution is -0.139. The van der Waals surface area contributed by atoms with Crippen molar-refractivity contribution in [3.8, 4) is 0 Å². The lowest BCUT2D eigenvalue weighted by Crippen LogP contribution is -2.52. The van der Waals surface area contributed by atoms with Crippen LogP contribution < -0.4 is 9.62 Å². The average Bonchev–Trinajstić information content (AvgIpc) is 2.82. The van der Waals surface area contributed by atoms with Crippen LogP contribution in [0.1, 0.15) is 44.6 Å². The van der Waals surface area contributed by atoms with Crippen LogP contribution in [0.2, 0.25) is 0 Å². The van der Waals surface area contributed by atoms with Crippen molar-refractivity contribution in [1.29, 1.82) is 0 Å². The summed E-state index contributed by atoms with van der Waals surface area (Å²) < 4.78 is 40.2. The second kappa shape index (κ2) is 12.0. The lowest BCUT2D eigenvalue weighted by Gasteiger charge is -2.33. The summed E-state index contributed by atoms with van der Waals surface area (Å²) >= 11 is 3.39. The zero-order chi connectivity index (χ0) is 25.6. The third-order valence-corrected chi connectivity index (χ3v) is 7.85. The summed E-state index contributed by atoms with van der Waals surface area (Å²) in [6, 6.07) is 11.5. The fourth-order valence-electron chi connectivity index (χ4n) is 4.16. The maximum atomic E-state index is 13.5. The Hall–Kier alpha value is -2.46. The van der Waals surface area contributed by atoms with E-state index in [1.54, 1.807) is 6.92 Å². The lowest BCUT2D eigenvalue weighted by atomic mass is 9.95. The molecule has 0 radical (unpaired) electrons. The molecule has 2 amide bonds. The Bertz CT molecular complexity index is 1120. The minimum Gasteiger partial charge on any atom is -0.352 e. The first-order valence-electron chi connectivity index (χ1n) is 11.6. The van der Waals surface area contributed by atoms with Crippen molar-refractivity contribution in [2.24, 2.45) is 0 Å². The standard InChI is InChI=1S/C25H31BrFN3O4S/c1-18(25(32)28-22-6-4-3-5-7-22)29(16-19-8-10-20(26)11-9-19)24(31)17-30(35(2,33)34)23-14-12-21(27)13-15-23/h8-15,18,22H,3-7,16-17H2,1-2H3,(H,28,32). The molecule has 1 aliphatic carbocycles. The van der Waals surface area contributed by atoms with E-state index in [0.29, 0.717) is 0 Å². The van der Waals surface area contributed by atoms with Gasteiger partial charge in [-0.25, -0.2) is 12.8 Å². The number of benzene rings is 2. The molecule has 1 saturated carbocycles. The molecule has 190 valence electrons. The van der Waals surface area contributed by atoms with Crippen LogP contribution in [-0.2, 0) is 26.2 Å². The molecule has 10 heteroatoms. The van der Waals surface area contributed by atoms with Crippen molar-refractivity contribution in [3.05, 3.63) is 64.4 Å². The third kappa shape index (κ3) is 7.76. The average molecular weight is 569 g/mol. The predicted molar refractivity (Wildman–Crippen MR) is 138 cm³/mol. The Labute approximate surface area is 214 Å². The number of anilines is 1. The molecule has 1 aliphatic rings. The second-order valence-corrected chi connectivity index (χ2v) is 11.7. The van der Waals surface area contributed by atoms with Gasteiger partial charge in [0, 0.05) is 17.1 Å². The molecule has 1 fully saturated rings. The van der Waals surface area contributed by atoms with Crippen LogP contribution in [0.15, 0.2) is 53.0 Å². The van der Waals surface area contributed by atoms with E-state index in [1.807, 2.05) is 24.3 Å². The van der Waals surface area contributed by atoms with Crippen molar-refractivity contribution in [2.45, 2.75) is 57.7 Å². The summed E-state index contributed by atoms with van der Waals surface area (Å²) in [6.45, 7) is 1.27. The summed E-state index contributed by atoms with van der Waals surface area (Å²) in [5, 5.41) is 3.06. The number of nitrogens with zero attached hydrogens (tertiary/aromatic N) is 2. The van der Waals surface area contributed by atoms with Crippen LogP contribution in [-0.4, -0.2) is 50.0 Å². The third-order valence-electron chi connectivity index (χ3n) is 6.18. The summed E-state index contributed by atoms with van der Waals surface area (Å²) in [7, 11) is -3.85. The molecule has 2 aromatic rings. The molecular formula is C25H31BrFN3O4S. The number of amides is 2. The van der Waals surface area contributed by atoms with E-state index in [-0.39, 0.29) is 24.2 Å². The Morgan fingerprint density at radius 1 is 1.06 bits per heavy atom. The van der Waals surface area contributed by atoms with Gasteiger partial charge in [0.05, 0.1) is 11.9 Å². The van der Waals surface area contributed by atoms with Gasteiger partial charge < -0.3 is 10.2 Å². The van der Waals surface area contributed by atoms with Crippen LogP contribution in [0.4, 0.5) is 10.1 Å². The Morgan fingerprint density at radius 3 is 2.23 bits per heavy atom. The van der Waals surface area contributed by atoms with E-state index in [0.717, 1.165) is 64.8 Å². The molecule has 7 nitrogen and oxygen atoms in total. The van der Waals surface area contributed by atoms with Crippen LogP contribution >= 0.6 is 15.9 Å². The highest BCUT2D eigenvalue weighted by atomic mass is 79.9. The van der Waals surface area contributed by atoms with Gasteiger partial charge in [0.15, 0.2) is 0 Å². The van der Waals surface area contributed by atoms with Gasteiger partial charge in [-0.2, -0.15) is 0 Å². The second-order valence-electron chi connectivity index (χ2n) is 8.91. The minimum atomic E-state index is -3.85. The van der Waals surface area contributed by atoms with Gasteiger partial charge in [-0.15, -0.1) is 0 Å². The molecule has 0 bridgehead atoms. The van der Waals surface area contributed by atoms with Crippen LogP contribution in [0.5, 0.6) is 0 Å². The van der Waals surface area contributed by atoms with Gasteiger partial charge in [-0.1, -0.05) is 47.3 Å². The first-order chi connectivity index (χ1) is 16.5. The van der Waals surface area contributed by atoms with Crippen LogP contribution in [0.3, 0.4) is 0 Å². The van der Waals surface area contributed by atoms with E-state index < -0.39 is 34.3 Å². The molecule has 0 aromatic heterocycles. The Kier molecular flexibility index (Phi) is 9.29.